The smallest absolute Gasteiger partial charge is 0.245 e. The maximum absolute atomic E-state index is 14.0. The van der Waals surface area contributed by atoms with Gasteiger partial charge in [-0.15, -0.1) is 0 Å². The van der Waals surface area contributed by atoms with Crippen LogP contribution >= 0.6 is 0 Å². The van der Waals surface area contributed by atoms with Crippen LogP contribution in [-0.2, 0) is 21.9 Å². The van der Waals surface area contributed by atoms with Crippen LogP contribution in [0.3, 0.4) is 0 Å². The van der Waals surface area contributed by atoms with Gasteiger partial charge in [-0.05, 0) is 42.7 Å². The van der Waals surface area contributed by atoms with Gasteiger partial charge < -0.3 is 9.88 Å². The molecule has 10 heteroatoms. The maximum atomic E-state index is 14.0. The van der Waals surface area contributed by atoms with E-state index in [-0.39, 0.29) is 29.7 Å². The zero-order valence-corrected chi connectivity index (χ0v) is 18.8. The summed E-state index contributed by atoms with van der Waals surface area (Å²) in [5.41, 5.74) is 0.679. The monoisotopic (exact) mass is 474 g/mol. The number of hydrogen-bond donors (Lipinski definition) is 1. The molecule has 0 spiro atoms. The topological polar surface area (TPSA) is 84.3 Å². The Bertz CT molecular complexity index is 1240. The Balaban J connectivity index is 1.47. The van der Waals surface area contributed by atoms with Crippen LogP contribution in [0.1, 0.15) is 30.3 Å². The number of amides is 1. The highest BCUT2D eigenvalue weighted by molar-refractivity contribution is 7.89. The van der Waals surface area contributed by atoms with Gasteiger partial charge in [0.25, 0.3) is 0 Å². The van der Waals surface area contributed by atoms with E-state index in [9.17, 15) is 22.0 Å². The van der Waals surface area contributed by atoms with E-state index in [4.69, 9.17) is 0 Å². The van der Waals surface area contributed by atoms with E-state index < -0.39 is 27.8 Å². The maximum Gasteiger partial charge on any atom is 0.245 e. The predicted octanol–water partition coefficient (Wildman–Crippen LogP) is 3.00. The Labute approximate surface area is 191 Å². The van der Waals surface area contributed by atoms with Crippen LogP contribution in [0.4, 0.5) is 8.78 Å². The van der Waals surface area contributed by atoms with Crippen LogP contribution in [0.2, 0.25) is 0 Å². The van der Waals surface area contributed by atoms with Crippen molar-refractivity contribution >= 4 is 15.9 Å². The molecule has 0 aliphatic carbocycles. The van der Waals surface area contributed by atoms with Crippen molar-refractivity contribution in [3.63, 3.8) is 0 Å². The molecule has 1 aliphatic heterocycles. The molecular weight excluding hydrogens is 450 g/mol. The Morgan fingerprint density at radius 1 is 1.09 bits per heavy atom. The van der Waals surface area contributed by atoms with Gasteiger partial charge in [0, 0.05) is 38.4 Å². The molecule has 33 heavy (non-hydrogen) atoms. The first-order chi connectivity index (χ1) is 15.8. The van der Waals surface area contributed by atoms with E-state index in [1.54, 1.807) is 36.1 Å². The fourth-order valence-electron chi connectivity index (χ4n) is 4.02. The van der Waals surface area contributed by atoms with Gasteiger partial charge in [-0.25, -0.2) is 22.2 Å². The fraction of sp³-hybridized carbons (Fsp3) is 0.304. The zero-order chi connectivity index (χ0) is 23.6. The van der Waals surface area contributed by atoms with Crippen molar-refractivity contribution < 1.29 is 22.0 Å². The van der Waals surface area contributed by atoms with E-state index in [1.165, 1.54) is 34.6 Å². The number of hydrogen-bond acceptors (Lipinski definition) is 4. The largest absolute Gasteiger partial charge is 0.342 e. The summed E-state index contributed by atoms with van der Waals surface area (Å²) < 4.78 is 56.1. The first-order valence-electron chi connectivity index (χ1n) is 10.5. The lowest BCUT2D eigenvalue weighted by molar-refractivity contribution is -0.126. The molecule has 1 atom stereocenters. The van der Waals surface area contributed by atoms with Crippen molar-refractivity contribution in [1.82, 2.24) is 19.2 Å². The average Bonchev–Trinajstić information content (AvgIpc) is 3.24. The van der Waals surface area contributed by atoms with Gasteiger partial charge in [0.15, 0.2) is 0 Å². The van der Waals surface area contributed by atoms with E-state index >= 15 is 0 Å². The molecule has 0 bridgehead atoms. The third-order valence-corrected chi connectivity index (χ3v) is 7.82. The second-order valence-electron chi connectivity index (χ2n) is 8.00. The molecule has 1 fully saturated rings. The highest BCUT2D eigenvalue weighted by atomic mass is 32.2. The third kappa shape index (κ3) is 4.81. The number of rotatable bonds is 6. The Morgan fingerprint density at radius 3 is 2.36 bits per heavy atom. The number of halogens is 2. The average molecular weight is 475 g/mol. The van der Waals surface area contributed by atoms with E-state index in [2.05, 4.69) is 10.3 Å². The Morgan fingerprint density at radius 2 is 1.76 bits per heavy atom. The van der Waals surface area contributed by atoms with Crippen molar-refractivity contribution in [2.45, 2.75) is 23.8 Å². The molecule has 4 rings (SSSR count). The lowest BCUT2D eigenvalue weighted by atomic mass is 9.96. The zero-order valence-electron chi connectivity index (χ0n) is 18.0. The second kappa shape index (κ2) is 9.40. The molecule has 0 unspecified atom stereocenters. The minimum absolute atomic E-state index is 0.109. The van der Waals surface area contributed by atoms with Crippen LogP contribution in [0.15, 0.2) is 65.8 Å². The lowest BCUT2D eigenvalue weighted by Gasteiger charge is -2.31. The number of carbonyl (C=O) groups excluding carboxylic acids is 1. The first kappa shape index (κ1) is 23.1. The minimum atomic E-state index is -3.98. The van der Waals surface area contributed by atoms with Crippen LogP contribution < -0.4 is 5.32 Å². The van der Waals surface area contributed by atoms with E-state index in [0.717, 1.165) is 6.07 Å². The molecule has 1 aromatic heterocycles. The van der Waals surface area contributed by atoms with Gasteiger partial charge in [0.05, 0.1) is 0 Å². The summed E-state index contributed by atoms with van der Waals surface area (Å²) in [7, 11) is -2.17. The second-order valence-corrected chi connectivity index (χ2v) is 9.90. The van der Waals surface area contributed by atoms with Gasteiger partial charge in [0.1, 0.15) is 28.4 Å². The number of nitrogens with zero attached hydrogens (tertiary/aromatic N) is 3. The summed E-state index contributed by atoms with van der Waals surface area (Å²) in [6.07, 6.45) is 3.97. The van der Waals surface area contributed by atoms with E-state index in [1.807, 2.05) is 0 Å². The van der Waals surface area contributed by atoms with Crippen molar-refractivity contribution in [1.29, 1.82) is 0 Å². The molecule has 1 N–H and O–H groups in total. The number of sulfonamides is 1. The first-order valence-corrected chi connectivity index (χ1v) is 12.0. The highest BCUT2D eigenvalue weighted by Gasteiger charge is 2.34. The van der Waals surface area contributed by atoms with Crippen molar-refractivity contribution in [3.8, 4) is 0 Å². The number of aromatic nitrogens is 2. The van der Waals surface area contributed by atoms with Crippen LogP contribution in [0, 0.1) is 17.6 Å². The normalized spacial score (nSPS) is 16.5. The van der Waals surface area contributed by atoms with Crippen molar-refractivity contribution in [2.24, 2.45) is 13.0 Å². The predicted molar refractivity (Wildman–Crippen MR) is 117 cm³/mol. The summed E-state index contributed by atoms with van der Waals surface area (Å²) in [4.78, 5) is 17.1. The SMILES string of the molecule is Cn1ccnc1[C@@H](NC(=O)C1CCN(S(=O)(=O)c2ccccc2F)CC1)c1ccc(F)cc1. The molecule has 1 amide bonds. The lowest BCUT2D eigenvalue weighted by Crippen LogP contribution is -2.44. The van der Waals surface area contributed by atoms with Crippen LogP contribution in [0.25, 0.3) is 0 Å². The van der Waals surface area contributed by atoms with Crippen molar-refractivity contribution in [2.75, 3.05) is 13.1 Å². The van der Waals surface area contributed by atoms with Gasteiger partial charge in [-0.2, -0.15) is 4.31 Å². The van der Waals surface area contributed by atoms with Gasteiger partial charge >= 0.3 is 0 Å². The van der Waals surface area contributed by atoms with E-state index in [0.29, 0.717) is 24.2 Å². The third-order valence-electron chi connectivity index (χ3n) is 5.89. The Hall–Kier alpha value is -3.11. The molecule has 0 saturated carbocycles. The molecule has 3 aromatic rings. The summed E-state index contributed by atoms with van der Waals surface area (Å²) in [5.74, 6) is -1.24. The molecule has 2 heterocycles. The summed E-state index contributed by atoms with van der Waals surface area (Å²) in [6.45, 7) is 0.219. The fourth-order valence-corrected chi connectivity index (χ4v) is 5.55. The number of piperidine rings is 1. The molecule has 1 aliphatic rings. The molecule has 1 saturated heterocycles. The minimum Gasteiger partial charge on any atom is -0.342 e. The van der Waals surface area contributed by atoms with Crippen molar-refractivity contribution in [3.05, 3.63) is 83.9 Å². The van der Waals surface area contributed by atoms with Gasteiger partial charge in [0.2, 0.25) is 15.9 Å². The number of aryl methyl sites for hydroxylation is 1. The summed E-state index contributed by atoms with van der Waals surface area (Å²) in [6, 6.07) is 10.5. The van der Waals surface area contributed by atoms with Gasteiger partial charge in [-0.1, -0.05) is 24.3 Å². The molecular formula is C23H24F2N4O3S. The molecule has 0 radical (unpaired) electrons. The number of imidazole rings is 1. The van der Waals surface area contributed by atoms with Crippen LogP contribution in [-0.4, -0.2) is 41.3 Å². The molecule has 7 nitrogen and oxygen atoms in total. The van der Waals surface area contributed by atoms with Gasteiger partial charge in [-0.3, -0.25) is 4.79 Å². The molecule has 174 valence electrons. The number of carbonyl (C=O) groups is 1. The highest BCUT2D eigenvalue weighted by Crippen LogP contribution is 2.27. The summed E-state index contributed by atoms with van der Waals surface area (Å²) >= 11 is 0. The number of nitrogens with one attached hydrogen (secondary N) is 1. The Kier molecular flexibility index (Phi) is 6.57. The molecule has 2 aromatic carbocycles. The quantitative estimate of drug-likeness (QED) is 0.595. The summed E-state index contributed by atoms with van der Waals surface area (Å²) in [5, 5.41) is 2.99. The standard InChI is InChI=1S/C23H24F2N4O3S/c1-28-15-12-26-22(28)21(16-6-8-18(24)9-7-16)27-23(30)17-10-13-29(14-11-17)33(31,32)20-5-3-2-4-19(20)25/h2-9,12,15,17,21H,10-11,13-14H2,1H3,(H,27,30)/t21-/m0/s1. The van der Waals surface area contributed by atoms with Crippen LogP contribution in [0.5, 0.6) is 0 Å². The number of benzene rings is 2.